The number of aromatic nitrogens is 2. The molecule has 1 heterocycles. The van der Waals surface area contributed by atoms with Gasteiger partial charge in [-0.1, -0.05) is 13.8 Å². The molecule has 1 aromatic rings. The molecule has 0 aliphatic heterocycles. The van der Waals surface area contributed by atoms with Crippen LogP contribution < -0.4 is 0 Å². The summed E-state index contributed by atoms with van der Waals surface area (Å²) in [5, 5.41) is 0. The van der Waals surface area contributed by atoms with Crippen molar-refractivity contribution in [3.63, 3.8) is 0 Å². The average Bonchev–Trinajstić information content (AvgIpc) is 2.07. The molecule has 0 N–H and O–H groups in total. The Kier molecular flexibility index (Phi) is 5.79. The second-order valence-electron chi connectivity index (χ2n) is 2.73. The molecule has 0 aliphatic carbocycles. The largest absolute Gasteiger partial charge is 0.303 e. The third-order valence-corrected chi connectivity index (χ3v) is 0.964. The number of hydrogen-bond donors (Lipinski definition) is 0. The summed E-state index contributed by atoms with van der Waals surface area (Å²) in [5.41, 5.74) is 0.961. The smallest absolute Gasteiger partial charge is 0.122 e. The first-order valence-corrected chi connectivity index (χ1v) is 3.84. The van der Waals surface area contributed by atoms with Gasteiger partial charge in [-0.15, -0.1) is 0 Å². The SMILES string of the molecule is CC(C)C=O.Cc1cnccn1. The summed E-state index contributed by atoms with van der Waals surface area (Å²) in [6.07, 6.45) is 5.97. The zero-order valence-electron chi connectivity index (χ0n) is 7.69. The van der Waals surface area contributed by atoms with E-state index in [4.69, 9.17) is 0 Å². The van der Waals surface area contributed by atoms with Gasteiger partial charge in [-0.2, -0.15) is 0 Å². The van der Waals surface area contributed by atoms with Crippen molar-refractivity contribution in [3.8, 4) is 0 Å². The van der Waals surface area contributed by atoms with Crippen LogP contribution in [-0.2, 0) is 4.79 Å². The Balaban J connectivity index is 0.000000217. The maximum atomic E-state index is 9.50. The molecule has 0 atom stereocenters. The predicted molar refractivity (Wildman–Crippen MR) is 47.7 cm³/mol. The molecule has 0 fully saturated rings. The molecule has 0 bridgehead atoms. The summed E-state index contributed by atoms with van der Waals surface area (Å²) in [7, 11) is 0. The number of hydrogen-bond acceptors (Lipinski definition) is 3. The van der Waals surface area contributed by atoms with Gasteiger partial charge in [-0.05, 0) is 6.92 Å². The van der Waals surface area contributed by atoms with Crippen LogP contribution >= 0.6 is 0 Å². The zero-order chi connectivity index (χ0) is 9.40. The highest BCUT2D eigenvalue weighted by Crippen LogP contribution is 1.81. The fourth-order valence-corrected chi connectivity index (χ4v) is 0.374. The monoisotopic (exact) mass is 166 g/mol. The van der Waals surface area contributed by atoms with E-state index in [0.29, 0.717) is 0 Å². The van der Waals surface area contributed by atoms with Gasteiger partial charge in [0.05, 0.1) is 5.69 Å². The van der Waals surface area contributed by atoms with Crippen molar-refractivity contribution >= 4 is 6.29 Å². The third kappa shape index (κ3) is 6.86. The number of carbonyl (C=O) groups excluding carboxylic acids is 1. The lowest BCUT2D eigenvalue weighted by molar-refractivity contribution is -0.110. The topological polar surface area (TPSA) is 42.9 Å². The molecule has 12 heavy (non-hydrogen) atoms. The van der Waals surface area contributed by atoms with E-state index in [1.165, 1.54) is 0 Å². The highest BCUT2D eigenvalue weighted by Gasteiger charge is 1.79. The normalized spacial score (nSPS) is 8.67. The van der Waals surface area contributed by atoms with Gasteiger partial charge in [0.1, 0.15) is 6.29 Å². The molecule has 0 amide bonds. The maximum Gasteiger partial charge on any atom is 0.122 e. The molecule has 0 aliphatic rings. The van der Waals surface area contributed by atoms with Gasteiger partial charge in [0, 0.05) is 24.5 Å². The van der Waals surface area contributed by atoms with Crippen molar-refractivity contribution in [3.05, 3.63) is 24.3 Å². The Morgan fingerprint density at radius 2 is 2.00 bits per heavy atom. The van der Waals surface area contributed by atoms with E-state index in [2.05, 4.69) is 9.97 Å². The van der Waals surface area contributed by atoms with Crippen molar-refractivity contribution < 1.29 is 4.79 Å². The summed E-state index contributed by atoms with van der Waals surface area (Å²) in [4.78, 5) is 17.2. The first-order chi connectivity index (χ1) is 5.66. The van der Waals surface area contributed by atoms with Crippen molar-refractivity contribution in [2.75, 3.05) is 0 Å². The van der Waals surface area contributed by atoms with Crippen molar-refractivity contribution in [1.29, 1.82) is 0 Å². The second-order valence-corrected chi connectivity index (χ2v) is 2.73. The first-order valence-electron chi connectivity index (χ1n) is 3.84. The summed E-state index contributed by atoms with van der Waals surface area (Å²) in [5.74, 6) is 0.204. The van der Waals surface area contributed by atoms with Gasteiger partial charge in [0.25, 0.3) is 0 Å². The molecule has 0 unspecified atom stereocenters. The third-order valence-electron chi connectivity index (χ3n) is 0.964. The number of aryl methyl sites for hydroxylation is 1. The van der Waals surface area contributed by atoms with Crippen molar-refractivity contribution in [2.24, 2.45) is 5.92 Å². The van der Waals surface area contributed by atoms with Crippen LogP contribution in [0.3, 0.4) is 0 Å². The first kappa shape index (κ1) is 10.8. The van der Waals surface area contributed by atoms with Crippen LogP contribution in [0, 0.1) is 12.8 Å². The van der Waals surface area contributed by atoms with Gasteiger partial charge in [-0.3, -0.25) is 9.97 Å². The Hall–Kier alpha value is -1.25. The van der Waals surface area contributed by atoms with Crippen LogP contribution in [-0.4, -0.2) is 16.3 Å². The zero-order valence-corrected chi connectivity index (χ0v) is 7.69. The van der Waals surface area contributed by atoms with E-state index < -0.39 is 0 Å². The van der Waals surface area contributed by atoms with Crippen LogP contribution in [0.2, 0.25) is 0 Å². The molecule has 1 rings (SSSR count). The summed E-state index contributed by atoms with van der Waals surface area (Å²) in [6, 6.07) is 0. The number of nitrogens with zero attached hydrogens (tertiary/aromatic N) is 2. The minimum atomic E-state index is 0.204. The molecule has 1 aromatic heterocycles. The molecule has 0 saturated heterocycles. The lowest BCUT2D eigenvalue weighted by atomic mass is 10.3. The fraction of sp³-hybridized carbons (Fsp3) is 0.444. The van der Waals surface area contributed by atoms with Crippen molar-refractivity contribution in [1.82, 2.24) is 9.97 Å². The van der Waals surface area contributed by atoms with E-state index in [1.54, 1.807) is 18.6 Å². The molecule has 66 valence electrons. The molecule has 3 nitrogen and oxygen atoms in total. The van der Waals surface area contributed by atoms with Crippen LogP contribution in [0.5, 0.6) is 0 Å². The summed E-state index contributed by atoms with van der Waals surface area (Å²) in [6.45, 7) is 5.62. The molecule has 0 radical (unpaired) electrons. The average molecular weight is 166 g/mol. The van der Waals surface area contributed by atoms with Crippen molar-refractivity contribution in [2.45, 2.75) is 20.8 Å². The van der Waals surface area contributed by atoms with E-state index in [-0.39, 0.29) is 5.92 Å². The predicted octanol–water partition coefficient (Wildman–Crippen LogP) is 1.63. The highest BCUT2D eigenvalue weighted by atomic mass is 16.1. The lowest BCUT2D eigenvalue weighted by Crippen LogP contribution is -1.82. The van der Waals surface area contributed by atoms with E-state index in [9.17, 15) is 4.79 Å². The summed E-state index contributed by atoms with van der Waals surface area (Å²) < 4.78 is 0. The maximum absolute atomic E-state index is 9.50. The van der Waals surface area contributed by atoms with Gasteiger partial charge in [0.15, 0.2) is 0 Å². The Morgan fingerprint density at radius 1 is 1.42 bits per heavy atom. The Bertz CT molecular complexity index is 209. The van der Waals surface area contributed by atoms with E-state index in [0.717, 1.165) is 12.0 Å². The van der Waals surface area contributed by atoms with E-state index >= 15 is 0 Å². The minimum absolute atomic E-state index is 0.204. The fourth-order valence-electron chi connectivity index (χ4n) is 0.374. The molecule has 0 spiro atoms. The van der Waals surface area contributed by atoms with Crippen LogP contribution in [0.25, 0.3) is 0 Å². The Labute approximate surface area is 72.9 Å². The molecular weight excluding hydrogens is 152 g/mol. The van der Waals surface area contributed by atoms with Gasteiger partial charge < -0.3 is 4.79 Å². The number of rotatable bonds is 1. The summed E-state index contributed by atoms with van der Waals surface area (Å²) >= 11 is 0. The molecule has 0 saturated carbocycles. The van der Waals surface area contributed by atoms with E-state index in [1.807, 2.05) is 20.8 Å². The standard InChI is InChI=1S/C5H6N2.C4H8O/c1-5-4-6-2-3-7-5;1-4(2)3-5/h2-4H,1H3;3-4H,1-2H3. The number of aldehydes is 1. The molecule has 0 aromatic carbocycles. The van der Waals surface area contributed by atoms with Crippen LogP contribution in [0.15, 0.2) is 18.6 Å². The van der Waals surface area contributed by atoms with Crippen LogP contribution in [0.4, 0.5) is 0 Å². The van der Waals surface area contributed by atoms with Gasteiger partial charge >= 0.3 is 0 Å². The van der Waals surface area contributed by atoms with Crippen LogP contribution in [0.1, 0.15) is 19.5 Å². The van der Waals surface area contributed by atoms with Gasteiger partial charge in [0.2, 0.25) is 0 Å². The minimum Gasteiger partial charge on any atom is -0.303 e. The molecule has 3 heteroatoms. The van der Waals surface area contributed by atoms with Gasteiger partial charge in [-0.25, -0.2) is 0 Å². The second kappa shape index (κ2) is 6.46. The number of carbonyl (C=O) groups is 1. The quantitative estimate of drug-likeness (QED) is 0.595. The molecular formula is C9H14N2O. The highest BCUT2D eigenvalue weighted by molar-refractivity contribution is 5.51. The lowest BCUT2D eigenvalue weighted by Gasteiger charge is -1.81. The Morgan fingerprint density at radius 3 is 2.17 bits per heavy atom.